The first-order chi connectivity index (χ1) is 29.2. The van der Waals surface area contributed by atoms with Crippen LogP contribution in [0.25, 0.3) is 11.0 Å². The van der Waals surface area contributed by atoms with E-state index in [9.17, 15) is 23.3 Å². The van der Waals surface area contributed by atoms with Crippen LogP contribution in [0.2, 0.25) is 0 Å². The molecule has 10 rings (SSSR count). The van der Waals surface area contributed by atoms with E-state index in [0.29, 0.717) is 35.9 Å². The summed E-state index contributed by atoms with van der Waals surface area (Å²) in [5.74, 6) is 1.02. The molecule has 61 heavy (non-hydrogen) atoms. The molecule has 4 aliphatic carbocycles. The molecular weight excluding hydrogens is 820 g/mol. The molecule has 2 bridgehead atoms. The number of nitro groups is 1. The molecule has 2 saturated heterocycles. The highest BCUT2D eigenvalue weighted by Crippen LogP contribution is 2.63. The van der Waals surface area contributed by atoms with E-state index in [1.54, 1.807) is 41.6 Å². The number of pyridine rings is 1. The van der Waals surface area contributed by atoms with E-state index in [1.807, 2.05) is 6.07 Å². The van der Waals surface area contributed by atoms with Crippen LogP contribution in [0.5, 0.6) is 17.2 Å². The molecule has 0 unspecified atom stereocenters. The van der Waals surface area contributed by atoms with E-state index in [0.717, 1.165) is 101 Å². The lowest BCUT2D eigenvalue weighted by atomic mass is 9.69. The molecule has 2 N–H and O–H groups in total. The van der Waals surface area contributed by atoms with E-state index in [2.05, 4.69) is 38.3 Å². The van der Waals surface area contributed by atoms with Gasteiger partial charge in [-0.25, -0.2) is 18.1 Å². The first-order valence-electron chi connectivity index (χ1n) is 21.4. The molecule has 0 radical (unpaired) electrons. The summed E-state index contributed by atoms with van der Waals surface area (Å²) >= 11 is 6.91. The Balaban J connectivity index is 0.921. The van der Waals surface area contributed by atoms with Crippen LogP contribution >= 0.6 is 11.6 Å². The zero-order chi connectivity index (χ0) is 42.5. The number of nitrogens with zero attached hydrogens (tertiary/aromatic N) is 4. The van der Waals surface area contributed by atoms with Gasteiger partial charge in [0.1, 0.15) is 17.1 Å². The van der Waals surface area contributed by atoms with Gasteiger partial charge in [-0.2, -0.15) is 0 Å². The van der Waals surface area contributed by atoms with Gasteiger partial charge in [-0.05, 0) is 111 Å². The standard InChI is InChI=1S/C45H53ClN6O8S/c1-44(2)11-7-31(37(24-44)38-25-45(46)22-32(38)23-45)27-50-13-15-51(16-14-50)33-3-5-36(41(20-33)60-34-19-30-8-12-47-42(30)48-26-34)43(53)49-61(56,57)35-4-6-40(39(21-35)52(54)55)59-28-29-9-17-58-18-10-29/h3-6,8,12,19-21,26,29,32,38H,7,9-11,13-18,22-25,27-28H2,1-2H3,(H,47,48)(H,49,53)/t32?,38-,45?/m1/s1. The molecular formula is C45H53ClN6O8S. The fraction of sp³-hybridized carbons (Fsp3) is 0.511. The topological polar surface area (TPSA) is 169 Å². The molecule has 2 aliphatic heterocycles. The number of hydrogen-bond acceptors (Lipinski definition) is 11. The van der Waals surface area contributed by atoms with Crippen molar-refractivity contribution < 1.29 is 32.3 Å². The number of benzene rings is 2. The summed E-state index contributed by atoms with van der Waals surface area (Å²) in [5, 5.41) is 12.8. The summed E-state index contributed by atoms with van der Waals surface area (Å²) in [4.78, 5) is 37.1. The van der Waals surface area contributed by atoms with Gasteiger partial charge in [-0.15, -0.1) is 11.6 Å². The number of allylic oxidation sites excluding steroid dienone is 1. The molecule has 16 heteroatoms. The maximum Gasteiger partial charge on any atom is 0.312 e. The zero-order valence-corrected chi connectivity index (χ0v) is 36.2. The van der Waals surface area contributed by atoms with Crippen LogP contribution in [0, 0.1) is 33.3 Å². The summed E-state index contributed by atoms with van der Waals surface area (Å²) in [6.07, 6.45) is 11.7. The van der Waals surface area contributed by atoms with Crippen molar-refractivity contribution in [1.29, 1.82) is 0 Å². The Labute approximate surface area is 361 Å². The summed E-state index contributed by atoms with van der Waals surface area (Å²) in [7, 11) is -4.57. The van der Waals surface area contributed by atoms with E-state index in [1.165, 1.54) is 24.8 Å². The molecule has 1 amide bonds. The summed E-state index contributed by atoms with van der Waals surface area (Å²) in [6, 6.07) is 12.1. The third-order valence-electron chi connectivity index (χ3n) is 13.5. The fourth-order valence-electron chi connectivity index (χ4n) is 10.1. The number of nitro benzene ring substituents is 1. The number of sulfonamides is 1. The van der Waals surface area contributed by atoms with Crippen molar-refractivity contribution in [3.63, 3.8) is 0 Å². The van der Waals surface area contributed by atoms with Crippen molar-refractivity contribution in [2.45, 2.75) is 75.0 Å². The van der Waals surface area contributed by atoms with E-state index in [-0.39, 0.29) is 34.5 Å². The van der Waals surface area contributed by atoms with Crippen LogP contribution in [-0.4, -0.2) is 91.5 Å². The molecule has 4 aromatic rings. The lowest BCUT2D eigenvalue weighted by Crippen LogP contribution is -2.47. The average Bonchev–Trinajstić information content (AvgIpc) is 3.94. The van der Waals surface area contributed by atoms with E-state index >= 15 is 0 Å². The van der Waals surface area contributed by atoms with Gasteiger partial charge in [0, 0.05) is 80.2 Å². The van der Waals surface area contributed by atoms with Crippen molar-refractivity contribution in [2.75, 3.05) is 57.4 Å². The van der Waals surface area contributed by atoms with Crippen LogP contribution in [0.4, 0.5) is 11.4 Å². The second-order valence-corrected chi connectivity index (χ2v) is 20.9. The highest BCUT2D eigenvalue weighted by molar-refractivity contribution is 7.90. The lowest BCUT2D eigenvalue weighted by Gasteiger charge is -2.41. The number of carbonyl (C=O) groups is 1. The van der Waals surface area contributed by atoms with Crippen LogP contribution in [0.3, 0.4) is 0 Å². The quantitative estimate of drug-likeness (QED) is 0.0575. The first kappa shape index (κ1) is 41.6. The summed E-state index contributed by atoms with van der Waals surface area (Å²) in [6.45, 7) is 10.4. The normalized spacial score (nSPS) is 24.4. The van der Waals surface area contributed by atoms with Gasteiger partial charge in [0.15, 0.2) is 5.75 Å². The van der Waals surface area contributed by atoms with Crippen molar-refractivity contribution in [3.8, 4) is 17.2 Å². The SMILES string of the molecule is CC1(C)CCC(CN2CCN(c3ccc(C(=O)NS(=O)(=O)c4ccc(OCC5CCOCC5)c([N+](=O)[O-])c4)c(Oc4cnc5[nH]ccc5c4)c3)CC2)=C([C@@H]2CC3(Cl)CC2C3)C1. The lowest BCUT2D eigenvalue weighted by molar-refractivity contribution is -0.386. The molecule has 3 saturated carbocycles. The molecule has 2 aromatic heterocycles. The smallest absolute Gasteiger partial charge is 0.312 e. The van der Waals surface area contributed by atoms with Gasteiger partial charge in [-0.1, -0.05) is 25.0 Å². The number of halogens is 1. The third kappa shape index (κ3) is 8.98. The third-order valence-corrected chi connectivity index (χ3v) is 15.3. The number of nitrogens with one attached hydrogen (secondary N) is 2. The van der Waals surface area contributed by atoms with Crippen molar-refractivity contribution in [1.82, 2.24) is 19.6 Å². The number of ether oxygens (including phenoxy) is 3. The maximum absolute atomic E-state index is 13.9. The van der Waals surface area contributed by atoms with Crippen molar-refractivity contribution in [3.05, 3.63) is 87.7 Å². The number of alkyl halides is 1. The van der Waals surface area contributed by atoms with Gasteiger partial charge in [-0.3, -0.25) is 19.8 Å². The van der Waals surface area contributed by atoms with Gasteiger partial charge in [0.05, 0.1) is 28.2 Å². The molecule has 324 valence electrons. The minimum atomic E-state index is -4.57. The number of anilines is 1. The van der Waals surface area contributed by atoms with Crippen LogP contribution in [0.1, 0.15) is 75.6 Å². The van der Waals surface area contributed by atoms with Crippen molar-refractivity contribution in [2.24, 2.45) is 23.2 Å². The molecule has 6 aliphatic rings. The Hall–Kier alpha value is -4.70. The van der Waals surface area contributed by atoms with Crippen LogP contribution in [-0.2, 0) is 14.8 Å². The molecule has 14 nitrogen and oxygen atoms in total. The Morgan fingerprint density at radius 2 is 1.84 bits per heavy atom. The number of rotatable bonds is 13. The van der Waals surface area contributed by atoms with Crippen LogP contribution < -0.4 is 19.1 Å². The number of carbonyl (C=O) groups excluding carboxylic acids is 1. The number of aromatic amines is 1. The number of amides is 1. The Kier molecular flexibility index (Phi) is 11.3. The Bertz CT molecular complexity index is 2470. The molecule has 2 aromatic carbocycles. The van der Waals surface area contributed by atoms with E-state index in [4.69, 9.17) is 25.8 Å². The fourth-order valence-corrected chi connectivity index (χ4v) is 11.6. The second kappa shape index (κ2) is 16.5. The number of aromatic nitrogens is 2. The van der Waals surface area contributed by atoms with Gasteiger partial charge in [0.25, 0.3) is 15.9 Å². The van der Waals surface area contributed by atoms with E-state index < -0.39 is 31.4 Å². The number of piperazine rings is 1. The highest BCUT2D eigenvalue weighted by atomic mass is 35.5. The minimum absolute atomic E-state index is 0.0227. The number of fused-ring (bicyclic) bond motifs is 2. The molecule has 1 atom stereocenters. The maximum atomic E-state index is 13.9. The molecule has 0 spiro atoms. The van der Waals surface area contributed by atoms with Gasteiger partial charge < -0.3 is 24.1 Å². The van der Waals surface area contributed by atoms with Gasteiger partial charge >= 0.3 is 5.69 Å². The molecule has 5 fully saturated rings. The molecule has 4 heterocycles. The minimum Gasteiger partial charge on any atom is -0.487 e. The highest BCUT2D eigenvalue weighted by Gasteiger charge is 2.56. The summed E-state index contributed by atoms with van der Waals surface area (Å²) in [5.41, 5.74) is 4.55. The monoisotopic (exact) mass is 872 g/mol. The number of H-pyrrole nitrogens is 1. The largest absolute Gasteiger partial charge is 0.487 e. The predicted octanol–water partition coefficient (Wildman–Crippen LogP) is 8.22. The zero-order valence-electron chi connectivity index (χ0n) is 34.7. The number of hydrogen-bond donors (Lipinski definition) is 2. The summed E-state index contributed by atoms with van der Waals surface area (Å²) < 4.78 is 46.9. The van der Waals surface area contributed by atoms with Crippen molar-refractivity contribution >= 4 is 49.9 Å². The first-order valence-corrected chi connectivity index (χ1v) is 23.3. The Morgan fingerprint density at radius 1 is 1.05 bits per heavy atom. The second-order valence-electron chi connectivity index (χ2n) is 18.4. The average molecular weight is 873 g/mol. The van der Waals surface area contributed by atoms with Crippen LogP contribution in [0.15, 0.2) is 77.0 Å². The van der Waals surface area contributed by atoms with Gasteiger partial charge in [0.2, 0.25) is 0 Å². The predicted molar refractivity (Wildman–Crippen MR) is 232 cm³/mol. The Morgan fingerprint density at radius 3 is 2.57 bits per heavy atom.